The van der Waals surface area contributed by atoms with Crippen LogP contribution in [-0.4, -0.2) is 49.7 Å². The van der Waals surface area contributed by atoms with Crippen molar-refractivity contribution in [2.75, 3.05) is 32.8 Å². The number of ether oxygens (including phenoxy) is 1. The molecule has 2 N–H and O–H groups in total. The minimum Gasteiger partial charge on any atom is -0.379 e. The van der Waals surface area contributed by atoms with Gasteiger partial charge in [0.05, 0.1) is 19.8 Å². The highest BCUT2D eigenvalue weighted by Crippen LogP contribution is 2.28. The zero-order valence-electron chi connectivity index (χ0n) is 15.3. The molecule has 0 spiro atoms. The van der Waals surface area contributed by atoms with Gasteiger partial charge in [0.15, 0.2) is 5.96 Å². The van der Waals surface area contributed by atoms with Crippen molar-refractivity contribution >= 4 is 29.9 Å². The van der Waals surface area contributed by atoms with Crippen LogP contribution >= 0.6 is 24.0 Å². The third-order valence-electron chi connectivity index (χ3n) is 4.80. The van der Waals surface area contributed by atoms with Gasteiger partial charge in [-0.1, -0.05) is 31.2 Å². The lowest BCUT2D eigenvalue weighted by molar-refractivity contribution is 0.0341. The Morgan fingerprint density at radius 2 is 1.92 bits per heavy atom. The van der Waals surface area contributed by atoms with Gasteiger partial charge >= 0.3 is 0 Å². The topological polar surface area (TPSA) is 48.9 Å². The van der Waals surface area contributed by atoms with E-state index in [2.05, 4.69) is 53.6 Å². The van der Waals surface area contributed by atoms with Gasteiger partial charge < -0.3 is 15.4 Å². The summed E-state index contributed by atoms with van der Waals surface area (Å²) < 4.78 is 5.44. The van der Waals surface area contributed by atoms with Crippen molar-refractivity contribution in [1.82, 2.24) is 15.5 Å². The van der Waals surface area contributed by atoms with Crippen LogP contribution in [0.5, 0.6) is 0 Å². The average molecular weight is 458 g/mol. The first-order valence-corrected chi connectivity index (χ1v) is 9.18. The maximum Gasteiger partial charge on any atom is 0.191 e. The monoisotopic (exact) mass is 458 g/mol. The number of rotatable bonds is 6. The van der Waals surface area contributed by atoms with Crippen molar-refractivity contribution in [3.63, 3.8) is 0 Å². The zero-order chi connectivity index (χ0) is 16.8. The van der Waals surface area contributed by atoms with Gasteiger partial charge in [-0.25, -0.2) is 4.99 Å². The van der Waals surface area contributed by atoms with E-state index in [0.29, 0.717) is 6.04 Å². The Kier molecular flexibility index (Phi) is 8.45. The van der Waals surface area contributed by atoms with Gasteiger partial charge in [0.2, 0.25) is 0 Å². The van der Waals surface area contributed by atoms with E-state index in [1.807, 2.05) is 0 Å². The molecule has 3 rings (SSSR count). The Hall–Kier alpha value is -0.860. The molecule has 2 fully saturated rings. The van der Waals surface area contributed by atoms with E-state index in [1.165, 1.54) is 17.5 Å². The maximum atomic E-state index is 5.44. The summed E-state index contributed by atoms with van der Waals surface area (Å²) in [6.45, 7) is 10.7. The maximum absolute atomic E-state index is 5.44. The highest BCUT2D eigenvalue weighted by atomic mass is 127. The van der Waals surface area contributed by atoms with E-state index in [4.69, 9.17) is 9.73 Å². The molecular weight excluding hydrogens is 427 g/mol. The summed E-state index contributed by atoms with van der Waals surface area (Å²) in [7, 11) is 0. The molecule has 0 aromatic heterocycles. The van der Waals surface area contributed by atoms with E-state index in [1.54, 1.807) is 0 Å². The van der Waals surface area contributed by atoms with Gasteiger partial charge in [-0.15, -0.1) is 24.0 Å². The number of nitrogens with one attached hydrogen (secondary N) is 2. The number of hydrogen-bond donors (Lipinski definition) is 2. The molecule has 2 atom stereocenters. The Balaban J connectivity index is 0.00000225. The van der Waals surface area contributed by atoms with E-state index in [0.717, 1.165) is 57.8 Å². The lowest BCUT2D eigenvalue weighted by Crippen LogP contribution is -2.39. The summed E-state index contributed by atoms with van der Waals surface area (Å²) in [5, 5.41) is 6.88. The number of aliphatic imine (C=N–C) groups is 1. The Morgan fingerprint density at radius 3 is 2.56 bits per heavy atom. The van der Waals surface area contributed by atoms with E-state index >= 15 is 0 Å². The largest absolute Gasteiger partial charge is 0.379 e. The number of halogens is 1. The van der Waals surface area contributed by atoms with Gasteiger partial charge in [0.1, 0.15) is 0 Å². The Labute approximate surface area is 168 Å². The fourth-order valence-electron chi connectivity index (χ4n) is 3.05. The fraction of sp³-hybridized carbons (Fsp3) is 0.632. The molecular formula is C19H31IN4O. The second kappa shape index (κ2) is 10.3. The normalized spacial score (nSPS) is 23.7. The molecule has 1 aliphatic heterocycles. The van der Waals surface area contributed by atoms with E-state index in [9.17, 15) is 0 Å². The van der Waals surface area contributed by atoms with Gasteiger partial charge in [-0.05, 0) is 30.4 Å². The molecule has 1 saturated heterocycles. The standard InChI is InChI=1S/C19H30N4O.HI/c1-3-20-19(22-18-12-15(18)2)21-13-16-6-4-5-7-17(16)14-23-8-10-24-11-9-23;/h4-7,15,18H,3,8-14H2,1-2H3,(H2,20,21,22);1H. The molecule has 0 amide bonds. The minimum atomic E-state index is 0. The van der Waals surface area contributed by atoms with Gasteiger partial charge in [-0.2, -0.15) is 0 Å². The Morgan fingerprint density at radius 1 is 1.24 bits per heavy atom. The molecule has 0 bridgehead atoms. The summed E-state index contributed by atoms with van der Waals surface area (Å²) in [4.78, 5) is 7.26. The predicted molar refractivity (Wildman–Crippen MR) is 113 cm³/mol. The summed E-state index contributed by atoms with van der Waals surface area (Å²) in [6, 6.07) is 9.24. The first kappa shape index (κ1) is 20.5. The molecule has 140 valence electrons. The van der Waals surface area contributed by atoms with Gasteiger partial charge in [-0.3, -0.25) is 4.90 Å². The molecule has 0 radical (unpaired) electrons. The SMILES string of the molecule is CCNC(=NCc1ccccc1CN1CCOCC1)NC1CC1C.I. The summed E-state index contributed by atoms with van der Waals surface area (Å²) in [5.74, 6) is 1.70. The summed E-state index contributed by atoms with van der Waals surface area (Å²) >= 11 is 0. The van der Waals surface area contributed by atoms with Crippen molar-refractivity contribution in [2.45, 2.75) is 39.4 Å². The van der Waals surface area contributed by atoms with Crippen molar-refractivity contribution in [3.05, 3.63) is 35.4 Å². The number of nitrogens with zero attached hydrogens (tertiary/aromatic N) is 2. The molecule has 2 unspecified atom stereocenters. The van der Waals surface area contributed by atoms with Gasteiger partial charge in [0, 0.05) is 32.2 Å². The highest BCUT2D eigenvalue weighted by molar-refractivity contribution is 14.0. The number of benzene rings is 1. The third-order valence-corrected chi connectivity index (χ3v) is 4.80. The number of morpholine rings is 1. The van der Waals surface area contributed by atoms with Crippen molar-refractivity contribution < 1.29 is 4.74 Å². The van der Waals surface area contributed by atoms with Crippen LogP contribution in [0.15, 0.2) is 29.3 Å². The summed E-state index contributed by atoms with van der Waals surface area (Å²) in [6.07, 6.45) is 1.25. The van der Waals surface area contributed by atoms with Crippen molar-refractivity contribution in [3.8, 4) is 0 Å². The van der Waals surface area contributed by atoms with E-state index in [-0.39, 0.29) is 24.0 Å². The second-order valence-electron chi connectivity index (χ2n) is 6.82. The van der Waals surface area contributed by atoms with Crippen LogP contribution < -0.4 is 10.6 Å². The fourth-order valence-corrected chi connectivity index (χ4v) is 3.05. The second-order valence-corrected chi connectivity index (χ2v) is 6.82. The van der Waals surface area contributed by atoms with Crippen LogP contribution in [-0.2, 0) is 17.8 Å². The van der Waals surface area contributed by atoms with Crippen LogP contribution in [0.2, 0.25) is 0 Å². The van der Waals surface area contributed by atoms with Crippen molar-refractivity contribution in [1.29, 1.82) is 0 Å². The molecule has 5 nitrogen and oxygen atoms in total. The van der Waals surface area contributed by atoms with Crippen LogP contribution in [0.3, 0.4) is 0 Å². The van der Waals surface area contributed by atoms with Crippen LogP contribution in [0.25, 0.3) is 0 Å². The quantitative estimate of drug-likeness (QED) is 0.391. The summed E-state index contributed by atoms with van der Waals surface area (Å²) in [5.41, 5.74) is 2.68. The number of hydrogen-bond acceptors (Lipinski definition) is 3. The van der Waals surface area contributed by atoms with Crippen LogP contribution in [0.4, 0.5) is 0 Å². The molecule has 25 heavy (non-hydrogen) atoms. The Bertz CT molecular complexity index is 560. The highest BCUT2D eigenvalue weighted by Gasteiger charge is 2.33. The third kappa shape index (κ3) is 6.42. The smallest absolute Gasteiger partial charge is 0.191 e. The molecule has 1 aliphatic carbocycles. The lowest BCUT2D eigenvalue weighted by Gasteiger charge is -2.27. The van der Waals surface area contributed by atoms with Crippen molar-refractivity contribution in [2.24, 2.45) is 10.9 Å². The molecule has 6 heteroatoms. The molecule has 1 heterocycles. The van der Waals surface area contributed by atoms with Gasteiger partial charge in [0.25, 0.3) is 0 Å². The first-order valence-electron chi connectivity index (χ1n) is 9.18. The first-order chi connectivity index (χ1) is 11.8. The average Bonchev–Trinajstić information content (AvgIpc) is 3.30. The molecule has 2 aliphatic rings. The molecule has 1 aromatic rings. The van der Waals surface area contributed by atoms with Crippen LogP contribution in [0.1, 0.15) is 31.4 Å². The lowest BCUT2D eigenvalue weighted by atomic mass is 10.1. The van der Waals surface area contributed by atoms with E-state index < -0.39 is 0 Å². The number of guanidine groups is 1. The van der Waals surface area contributed by atoms with Crippen LogP contribution in [0, 0.1) is 5.92 Å². The zero-order valence-corrected chi connectivity index (χ0v) is 17.7. The minimum absolute atomic E-state index is 0. The molecule has 1 aromatic carbocycles. The molecule has 1 saturated carbocycles. The predicted octanol–water partition coefficient (Wildman–Crippen LogP) is 2.60.